The summed E-state index contributed by atoms with van der Waals surface area (Å²) in [4.78, 5) is 24.3. The molecule has 0 unspecified atom stereocenters. The molecule has 2 aromatic rings. The Kier molecular flexibility index (Phi) is 7.00. The van der Waals surface area contributed by atoms with Crippen LogP contribution >= 0.6 is 15.9 Å². The molecule has 126 valence electrons. The van der Waals surface area contributed by atoms with Gasteiger partial charge in [0.2, 0.25) is 0 Å². The summed E-state index contributed by atoms with van der Waals surface area (Å²) in [6.45, 7) is 2.47. The molecule has 0 aliphatic carbocycles. The maximum atomic E-state index is 12.3. The number of carbonyl (C=O) groups is 2. The van der Waals surface area contributed by atoms with E-state index in [2.05, 4.69) is 15.9 Å². The van der Waals surface area contributed by atoms with Crippen LogP contribution in [-0.2, 0) is 15.9 Å². The molecule has 0 aliphatic rings. The Labute approximate surface area is 149 Å². The summed E-state index contributed by atoms with van der Waals surface area (Å²) >= 11 is 3.46. The molecule has 0 saturated heterocycles. The molecule has 0 bridgehead atoms. The van der Waals surface area contributed by atoms with E-state index in [9.17, 15) is 9.59 Å². The van der Waals surface area contributed by atoms with Gasteiger partial charge in [0, 0.05) is 10.9 Å². The lowest BCUT2D eigenvalue weighted by atomic mass is 10.1. The Morgan fingerprint density at radius 3 is 2.00 bits per heavy atom. The van der Waals surface area contributed by atoms with Crippen molar-refractivity contribution in [2.24, 2.45) is 0 Å². The lowest BCUT2D eigenvalue weighted by molar-refractivity contribution is 0.0460. The summed E-state index contributed by atoms with van der Waals surface area (Å²) in [5, 5.41) is 0. The molecule has 0 fully saturated rings. The predicted molar refractivity (Wildman–Crippen MR) is 95.1 cm³/mol. The van der Waals surface area contributed by atoms with Gasteiger partial charge >= 0.3 is 11.9 Å². The number of benzene rings is 2. The quantitative estimate of drug-likeness (QED) is 0.656. The van der Waals surface area contributed by atoms with Gasteiger partial charge in [0.25, 0.3) is 0 Å². The first-order valence-electron chi connectivity index (χ1n) is 7.80. The van der Waals surface area contributed by atoms with Crippen LogP contribution in [0.5, 0.6) is 0 Å². The third kappa shape index (κ3) is 4.93. The second-order valence-electron chi connectivity index (χ2n) is 5.16. The highest BCUT2D eigenvalue weighted by molar-refractivity contribution is 9.10. The molecule has 0 radical (unpaired) electrons. The highest BCUT2D eigenvalue weighted by atomic mass is 79.9. The van der Waals surface area contributed by atoms with Crippen molar-refractivity contribution in [3.8, 4) is 0 Å². The van der Waals surface area contributed by atoms with Gasteiger partial charge in [0.1, 0.15) is 0 Å². The predicted octanol–water partition coefficient (Wildman–Crippen LogP) is 4.42. The molecule has 0 N–H and O–H groups in total. The van der Waals surface area contributed by atoms with Crippen LogP contribution in [0.3, 0.4) is 0 Å². The van der Waals surface area contributed by atoms with Crippen LogP contribution < -0.4 is 0 Å². The van der Waals surface area contributed by atoms with Crippen molar-refractivity contribution in [2.45, 2.75) is 19.8 Å². The van der Waals surface area contributed by atoms with Crippen molar-refractivity contribution >= 4 is 27.9 Å². The first kappa shape index (κ1) is 18.2. The molecule has 4 nitrogen and oxygen atoms in total. The van der Waals surface area contributed by atoms with Crippen LogP contribution in [0.1, 0.15) is 39.6 Å². The van der Waals surface area contributed by atoms with Crippen molar-refractivity contribution in [1.29, 1.82) is 0 Å². The summed E-state index contributed by atoms with van der Waals surface area (Å²) < 4.78 is 11.4. The van der Waals surface area contributed by atoms with Gasteiger partial charge in [-0.15, -0.1) is 0 Å². The van der Waals surface area contributed by atoms with Crippen LogP contribution in [0.4, 0.5) is 0 Å². The second kappa shape index (κ2) is 9.23. The van der Waals surface area contributed by atoms with Crippen LogP contribution in [0.25, 0.3) is 0 Å². The summed E-state index contributed by atoms with van der Waals surface area (Å²) in [5.41, 5.74) is 1.52. The Bertz CT molecular complexity index is 712. The Hall–Kier alpha value is -2.14. The second-order valence-corrected chi connectivity index (χ2v) is 6.01. The first-order chi connectivity index (χ1) is 11.6. The molecular weight excluding hydrogens is 372 g/mol. The molecule has 0 saturated carbocycles. The van der Waals surface area contributed by atoms with Gasteiger partial charge in [-0.2, -0.15) is 0 Å². The van der Waals surface area contributed by atoms with Gasteiger partial charge in [0.15, 0.2) is 0 Å². The van der Waals surface area contributed by atoms with Crippen molar-refractivity contribution in [1.82, 2.24) is 0 Å². The van der Waals surface area contributed by atoms with E-state index < -0.39 is 11.9 Å². The van der Waals surface area contributed by atoms with Crippen molar-refractivity contribution in [2.75, 3.05) is 13.2 Å². The normalized spacial score (nSPS) is 10.2. The average Bonchev–Trinajstić information content (AvgIpc) is 2.61. The SMILES string of the molecule is CCCOC(=O)c1ccccc1C(=O)OCCc1ccccc1Br. The van der Waals surface area contributed by atoms with E-state index in [-0.39, 0.29) is 17.7 Å². The average molecular weight is 391 g/mol. The molecule has 24 heavy (non-hydrogen) atoms. The lowest BCUT2D eigenvalue weighted by Gasteiger charge is -2.10. The molecule has 2 rings (SSSR count). The number of ether oxygens (including phenoxy) is 2. The standard InChI is InChI=1S/C19H19BrO4/c1-2-12-23-18(21)15-8-4-5-9-16(15)19(22)24-13-11-14-7-3-6-10-17(14)20/h3-10H,2,11-13H2,1H3. The highest BCUT2D eigenvalue weighted by Gasteiger charge is 2.18. The number of rotatable bonds is 7. The molecule has 0 spiro atoms. The number of hydrogen-bond acceptors (Lipinski definition) is 4. The van der Waals surface area contributed by atoms with E-state index >= 15 is 0 Å². The van der Waals surface area contributed by atoms with E-state index in [0.29, 0.717) is 13.0 Å². The number of carbonyl (C=O) groups excluding carboxylic acids is 2. The number of esters is 2. The minimum atomic E-state index is -0.522. The maximum Gasteiger partial charge on any atom is 0.339 e. The van der Waals surface area contributed by atoms with E-state index in [4.69, 9.17) is 9.47 Å². The van der Waals surface area contributed by atoms with Crippen molar-refractivity contribution < 1.29 is 19.1 Å². The van der Waals surface area contributed by atoms with Crippen LogP contribution in [0, 0.1) is 0 Å². The van der Waals surface area contributed by atoms with Gasteiger partial charge in [-0.05, 0) is 30.2 Å². The maximum absolute atomic E-state index is 12.3. The van der Waals surface area contributed by atoms with Crippen LogP contribution in [-0.4, -0.2) is 25.2 Å². The van der Waals surface area contributed by atoms with Gasteiger partial charge in [-0.1, -0.05) is 53.2 Å². The van der Waals surface area contributed by atoms with E-state index in [1.54, 1.807) is 24.3 Å². The first-order valence-corrected chi connectivity index (χ1v) is 8.59. The summed E-state index contributed by atoms with van der Waals surface area (Å²) in [7, 11) is 0. The van der Waals surface area contributed by atoms with Crippen LogP contribution in [0.15, 0.2) is 53.0 Å². The monoisotopic (exact) mass is 390 g/mol. The molecule has 0 atom stereocenters. The van der Waals surface area contributed by atoms with Crippen molar-refractivity contribution in [3.05, 3.63) is 69.7 Å². The van der Waals surface area contributed by atoms with Gasteiger partial charge in [0.05, 0.1) is 24.3 Å². The Balaban J connectivity index is 2.00. The summed E-state index contributed by atoms with van der Waals surface area (Å²) in [6.07, 6.45) is 1.32. The largest absolute Gasteiger partial charge is 0.462 e. The minimum absolute atomic E-state index is 0.228. The molecule has 0 aliphatic heterocycles. The third-order valence-corrected chi connectivity index (χ3v) is 4.14. The molecule has 5 heteroatoms. The Morgan fingerprint density at radius 1 is 0.875 bits per heavy atom. The molecule has 0 heterocycles. The zero-order chi connectivity index (χ0) is 17.4. The van der Waals surface area contributed by atoms with E-state index in [1.165, 1.54) is 0 Å². The third-order valence-electron chi connectivity index (χ3n) is 3.37. The van der Waals surface area contributed by atoms with Gasteiger partial charge in [-0.3, -0.25) is 0 Å². The van der Waals surface area contributed by atoms with Gasteiger partial charge in [-0.25, -0.2) is 9.59 Å². The zero-order valence-corrected chi connectivity index (χ0v) is 15.0. The molecule has 2 aromatic carbocycles. The summed E-state index contributed by atoms with van der Waals surface area (Å²) in [5.74, 6) is -1.03. The minimum Gasteiger partial charge on any atom is -0.462 e. The lowest BCUT2D eigenvalue weighted by Crippen LogP contribution is -2.15. The zero-order valence-electron chi connectivity index (χ0n) is 13.5. The van der Waals surface area contributed by atoms with Gasteiger partial charge < -0.3 is 9.47 Å². The fourth-order valence-corrected chi connectivity index (χ4v) is 2.63. The highest BCUT2D eigenvalue weighted by Crippen LogP contribution is 2.17. The van der Waals surface area contributed by atoms with Crippen LogP contribution in [0.2, 0.25) is 0 Å². The Morgan fingerprint density at radius 2 is 1.42 bits per heavy atom. The molecular formula is C19H19BrO4. The topological polar surface area (TPSA) is 52.6 Å². The van der Waals surface area contributed by atoms with Crippen molar-refractivity contribution in [3.63, 3.8) is 0 Å². The summed E-state index contributed by atoms with van der Waals surface area (Å²) in [6, 6.07) is 14.3. The number of halogens is 1. The smallest absolute Gasteiger partial charge is 0.339 e. The molecule has 0 amide bonds. The van der Waals surface area contributed by atoms with E-state index in [0.717, 1.165) is 16.5 Å². The fourth-order valence-electron chi connectivity index (χ4n) is 2.14. The van der Waals surface area contributed by atoms with E-state index in [1.807, 2.05) is 31.2 Å². The molecule has 0 aromatic heterocycles. The number of hydrogen-bond donors (Lipinski definition) is 0. The fraction of sp³-hybridized carbons (Fsp3) is 0.263.